The number of nitrogens with one attached hydrogen (secondary N) is 2. The van der Waals surface area contributed by atoms with E-state index in [2.05, 4.69) is 71.7 Å². The van der Waals surface area contributed by atoms with Gasteiger partial charge in [-0.2, -0.15) is 0 Å². The lowest BCUT2D eigenvalue weighted by Gasteiger charge is -2.33. The number of rotatable bonds is 9. The Bertz CT molecular complexity index is 514. The summed E-state index contributed by atoms with van der Waals surface area (Å²) < 4.78 is 0. The average molecular weight is 378 g/mol. The van der Waals surface area contributed by atoms with E-state index in [9.17, 15) is 0 Å². The summed E-state index contributed by atoms with van der Waals surface area (Å²) in [5.74, 6) is 2.55. The Hall–Kier alpha value is -1.24. The van der Waals surface area contributed by atoms with Crippen LogP contribution in [0.2, 0.25) is 0 Å². The highest BCUT2D eigenvalue weighted by molar-refractivity contribution is 7.99. The van der Waals surface area contributed by atoms with E-state index in [0.717, 1.165) is 37.9 Å². The minimum atomic E-state index is 0.576. The quantitative estimate of drug-likeness (QED) is 0.299. The highest BCUT2D eigenvalue weighted by atomic mass is 32.2. The molecule has 5 nitrogen and oxygen atoms in total. The molecule has 2 rings (SSSR count). The van der Waals surface area contributed by atoms with Crippen molar-refractivity contribution in [2.75, 3.05) is 65.2 Å². The lowest BCUT2D eigenvalue weighted by Crippen LogP contribution is -2.46. The molecule has 0 aromatic heterocycles. The van der Waals surface area contributed by atoms with E-state index < -0.39 is 0 Å². The molecule has 146 valence electrons. The van der Waals surface area contributed by atoms with Crippen LogP contribution < -0.4 is 10.6 Å². The first-order valence-electron chi connectivity index (χ1n) is 9.78. The topological polar surface area (TPSA) is 42.9 Å². The molecular weight excluding hydrogens is 342 g/mol. The zero-order valence-corrected chi connectivity index (χ0v) is 17.4. The van der Waals surface area contributed by atoms with Crippen molar-refractivity contribution in [3.8, 4) is 0 Å². The van der Waals surface area contributed by atoms with Crippen LogP contribution in [0.25, 0.3) is 0 Å². The summed E-state index contributed by atoms with van der Waals surface area (Å²) in [6.45, 7) is 13.0. The lowest BCUT2D eigenvalue weighted by molar-refractivity contribution is 0.140. The fourth-order valence-corrected chi connectivity index (χ4v) is 3.76. The number of likely N-dealkylation sites (N-methyl/N-ethyl adjacent to an activating group) is 1. The van der Waals surface area contributed by atoms with Gasteiger partial charge in [0.25, 0.3) is 0 Å². The summed E-state index contributed by atoms with van der Waals surface area (Å²) in [4.78, 5) is 11.1. The highest BCUT2D eigenvalue weighted by Gasteiger charge is 2.15. The van der Waals surface area contributed by atoms with Gasteiger partial charge in [-0.1, -0.05) is 25.1 Å². The van der Waals surface area contributed by atoms with Crippen molar-refractivity contribution in [3.05, 3.63) is 30.3 Å². The predicted molar refractivity (Wildman–Crippen MR) is 114 cm³/mol. The second-order valence-electron chi connectivity index (χ2n) is 7.02. The minimum absolute atomic E-state index is 0.576. The van der Waals surface area contributed by atoms with Gasteiger partial charge in [-0.25, -0.2) is 0 Å². The third-order valence-corrected chi connectivity index (χ3v) is 5.49. The van der Waals surface area contributed by atoms with Crippen LogP contribution in [0.4, 0.5) is 0 Å². The smallest absolute Gasteiger partial charge is 0.191 e. The van der Waals surface area contributed by atoms with Crippen molar-refractivity contribution >= 4 is 17.7 Å². The van der Waals surface area contributed by atoms with E-state index in [1.54, 1.807) is 0 Å². The monoisotopic (exact) mass is 377 g/mol. The Morgan fingerprint density at radius 1 is 1.15 bits per heavy atom. The molecule has 0 spiro atoms. The fraction of sp³-hybridized carbons (Fsp3) is 0.650. The second-order valence-corrected chi connectivity index (χ2v) is 8.19. The molecule has 0 radical (unpaired) electrons. The molecule has 1 saturated heterocycles. The second kappa shape index (κ2) is 12.2. The van der Waals surface area contributed by atoms with Crippen molar-refractivity contribution in [2.24, 2.45) is 10.9 Å². The molecule has 1 fully saturated rings. The maximum atomic E-state index is 4.79. The molecule has 1 heterocycles. The summed E-state index contributed by atoms with van der Waals surface area (Å²) in [5, 5.41) is 6.81. The Kier molecular flexibility index (Phi) is 9.89. The van der Waals surface area contributed by atoms with Gasteiger partial charge in [0.05, 0.1) is 0 Å². The molecule has 0 bridgehead atoms. The number of thioether (sulfide) groups is 1. The van der Waals surface area contributed by atoms with Crippen LogP contribution in [-0.4, -0.2) is 80.9 Å². The molecule has 1 unspecified atom stereocenters. The van der Waals surface area contributed by atoms with Gasteiger partial charge in [0.15, 0.2) is 5.96 Å². The number of hydrogen-bond acceptors (Lipinski definition) is 4. The summed E-state index contributed by atoms with van der Waals surface area (Å²) in [6.07, 6.45) is 0. The molecule has 1 atom stereocenters. The maximum absolute atomic E-state index is 4.79. The molecule has 1 aromatic carbocycles. The standard InChI is InChI=1S/C20H35N5S/c1-4-21-20(22-10-15-26-19-8-6-5-7-9-19)23-16-18(2)17-25-13-11-24(3)12-14-25/h5-9,18H,4,10-17H2,1-3H3,(H2,21,22,23). The lowest BCUT2D eigenvalue weighted by atomic mass is 10.1. The first-order chi connectivity index (χ1) is 12.7. The van der Waals surface area contributed by atoms with Gasteiger partial charge in [0.1, 0.15) is 0 Å². The van der Waals surface area contributed by atoms with Crippen LogP contribution in [0.15, 0.2) is 40.2 Å². The van der Waals surface area contributed by atoms with Crippen LogP contribution in [0.3, 0.4) is 0 Å². The van der Waals surface area contributed by atoms with Crippen molar-refractivity contribution in [3.63, 3.8) is 0 Å². The Balaban J connectivity index is 1.67. The SMILES string of the molecule is CCNC(=NCC(C)CN1CCN(C)CC1)NCCSc1ccccc1. The van der Waals surface area contributed by atoms with Gasteiger partial charge >= 0.3 is 0 Å². The molecule has 1 aliphatic rings. The van der Waals surface area contributed by atoms with Gasteiger partial charge in [-0.3, -0.25) is 4.99 Å². The number of aliphatic imine (C=N–C) groups is 1. The van der Waals surface area contributed by atoms with Crippen LogP contribution in [-0.2, 0) is 0 Å². The molecule has 1 aliphatic heterocycles. The van der Waals surface area contributed by atoms with Crippen LogP contribution in [0, 0.1) is 5.92 Å². The third-order valence-electron chi connectivity index (χ3n) is 4.48. The summed E-state index contributed by atoms with van der Waals surface area (Å²) in [6, 6.07) is 10.5. The van der Waals surface area contributed by atoms with Gasteiger partial charge in [0, 0.05) is 63.0 Å². The van der Waals surface area contributed by atoms with Crippen molar-refractivity contribution < 1.29 is 0 Å². The number of guanidine groups is 1. The minimum Gasteiger partial charge on any atom is -0.357 e. The largest absolute Gasteiger partial charge is 0.357 e. The van der Waals surface area contributed by atoms with E-state index in [0.29, 0.717) is 5.92 Å². The van der Waals surface area contributed by atoms with Gasteiger partial charge < -0.3 is 20.4 Å². The summed E-state index contributed by atoms with van der Waals surface area (Å²) >= 11 is 1.87. The first-order valence-corrected chi connectivity index (χ1v) is 10.8. The fourth-order valence-electron chi connectivity index (χ4n) is 2.97. The molecule has 0 saturated carbocycles. The number of nitrogens with zero attached hydrogens (tertiary/aromatic N) is 3. The molecule has 26 heavy (non-hydrogen) atoms. The van der Waals surface area contributed by atoms with E-state index in [-0.39, 0.29) is 0 Å². The van der Waals surface area contributed by atoms with Gasteiger partial charge in [-0.05, 0) is 32.0 Å². The third kappa shape index (κ3) is 8.43. The summed E-state index contributed by atoms with van der Waals surface area (Å²) in [7, 11) is 2.20. The van der Waals surface area contributed by atoms with Gasteiger partial charge in [-0.15, -0.1) is 11.8 Å². The zero-order chi connectivity index (χ0) is 18.6. The van der Waals surface area contributed by atoms with E-state index in [1.165, 1.54) is 31.1 Å². The van der Waals surface area contributed by atoms with Crippen LogP contribution in [0.5, 0.6) is 0 Å². The molecule has 2 N–H and O–H groups in total. The first kappa shape index (κ1) is 21.1. The number of hydrogen-bond donors (Lipinski definition) is 2. The highest BCUT2D eigenvalue weighted by Crippen LogP contribution is 2.15. The molecular formula is C20H35N5S. The Morgan fingerprint density at radius 2 is 1.88 bits per heavy atom. The van der Waals surface area contributed by atoms with Crippen LogP contribution in [0.1, 0.15) is 13.8 Å². The normalized spacial score (nSPS) is 17.9. The van der Waals surface area contributed by atoms with E-state index in [1.807, 2.05) is 11.8 Å². The number of benzene rings is 1. The molecule has 1 aromatic rings. The average Bonchev–Trinajstić information content (AvgIpc) is 2.66. The van der Waals surface area contributed by atoms with Gasteiger partial charge in [0.2, 0.25) is 0 Å². The maximum Gasteiger partial charge on any atom is 0.191 e. The van der Waals surface area contributed by atoms with Crippen LogP contribution >= 0.6 is 11.8 Å². The number of piperazine rings is 1. The predicted octanol–water partition coefficient (Wildman–Crippen LogP) is 2.22. The zero-order valence-electron chi connectivity index (χ0n) is 16.6. The molecule has 0 aliphatic carbocycles. The van der Waals surface area contributed by atoms with Crippen molar-refractivity contribution in [2.45, 2.75) is 18.7 Å². The van der Waals surface area contributed by atoms with E-state index >= 15 is 0 Å². The summed E-state index contributed by atoms with van der Waals surface area (Å²) in [5.41, 5.74) is 0. The molecule has 0 amide bonds. The van der Waals surface area contributed by atoms with Crippen molar-refractivity contribution in [1.29, 1.82) is 0 Å². The van der Waals surface area contributed by atoms with Crippen molar-refractivity contribution in [1.82, 2.24) is 20.4 Å². The molecule has 6 heteroatoms. The van der Waals surface area contributed by atoms with E-state index in [4.69, 9.17) is 4.99 Å². The Morgan fingerprint density at radius 3 is 2.58 bits per heavy atom. The Labute approximate surface area is 163 Å².